The van der Waals surface area contributed by atoms with Crippen LogP contribution in [0, 0.1) is 6.92 Å². The maximum absolute atomic E-state index is 12.3. The number of carbonyl (C=O) groups is 1. The summed E-state index contributed by atoms with van der Waals surface area (Å²) in [4.78, 5) is 12.3. The van der Waals surface area contributed by atoms with E-state index in [0.717, 1.165) is 40.8 Å². The zero-order valence-electron chi connectivity index (χ0n) is 15.0. The fraction of sp³-hybridized carbons (Fsp3) is 0.250. The van der Waals surface area contributed by atoms with Crippen molar-refractivity contribution in [1.82, 2.24) is 14.8 Å². The molecule has 0 fully saturated rings. The number of thioether (sulfide) groups is 1. The molecule has 0 aliphatic heterocycles. The Morgan fingerprint density at radius 3 is 2.54 bits per heavy atom. The number of anilines is 1. The van der Waals surface area contributed by atoms with E-state index in [2.05, 4.69) is 27.0 Å². The molecule has 3 rings (SSSR count). The summed E-state index contributed by atoms with van der Waals surface area (Å²) < 4.78 is 2.08. The van der Waals surface area contributed by atoms with E-state index in [1.54, 1.807) is 0 Å². The summed E-state index contributed by atoms with van der Waals surface area (Å²) in [6, 6.07) is 17.8. The lowest BCUT2D eigenvalue weighted by Gasteiger charge is -2.10. The lowest BCUT2D eigenvalue weighted by molar-refractivity contribution is -0.113. The van der Waals surface area contributed by atoms with E-state index in [-0.39, 0.29) is 5.91 Å². The van der Waals surface area contributed by atoms with Crippen molar-refractivity contribution in [2.45, 2.75) is 32.0 Å². The van der Waals surface area contributed by atoms with E-state index < -0.39 is 0 Å². The van der Waals surface area contributed by atoms with Crippen molar-refractivity contribution in [3.63, 3.8) is 0 Å². The normalized spacial score (nSPS) is 10.7. The predicted molar refractivity (Wildman–Crippen MR) is 106 cm³/mol. The van der Waals surface area contributed by atoms with E-state index in [4.69, 9.17) is 0 Å². The summed E-state index contributed by atoms with van der Waals surface area (Å²) in [5, 5.41) is 12.4. The van der Waals surface area contributed by atoms with Crippen LogP contribution in [-0.4, -0.2) is 26.4 Å². The van der Waals surface area contributed by atoms with Crippen molar-refractivity contribution in [3.05, 3.63) is 60.2 Å². The van der Waals surface area contributed by atoms with Gasteiger partial charge in [0.25, 0.3) is 0 Å². The zero-order valence-corrected chi connectivity index (χ0v) is 15.8. The van der Waals surface area contributed by atoms with Crippen LogP contribution in [0.5, 0.6) is 0 Å². The number of hydrogen-bond donors (Lipinski definition) is 1. The fourth-order valence-corrected chi connectivity index (χ4v) is 3.42. The second-order valence-electron chi connectivity index (χ2n) is 5.98. The van der Waals surface area contributed by atoms with Gasteiger partial charge in [-0.2, -0.15) is 0 Å². The zero-order chi connectivity index (χ0) is 18.4. The fourth-order valence-electron chi connectivity index (χ4n) is 2.65. The SMILES string of the molecule is CCCn1c(SCC(=O)Nc2ccccc2C)nnc1-c1ccccc1. The van der Waals surface area contributed by atoms with Gasteiger partial charge < -0.3 is 9.88 Å². The summed E-state index contributed by atoms with van der Waals surface area (Å²) in [7, 11) is 0. The van der Waals surface area contributed by atoms with Gasteiger partial charge in [0.05, 0.1) is 5.75 Å². The van der Waals surface area contributed by atoms with Crippen LogP contribution in [0.3, 0.4) is 0 Å². The van der Waals surface area contributed by atoms with E-state index in [0.29, 0.717) is 5.75 Å². The Kier molecular flexibility index (Phi) is 6.07. The van der Waals surface area contributed by atoms with Crippen molar-refractivity contribution in [2.24, 2.45) is 0 Å². The number of amides is 1. The lowest BCUT2D eigenvalue weighted by Crippen LogP contribution is -2.15. The number of nitrogens with one attached hydrogen (secondary N) is 1. The number of nitrogens with zero attached hydrogens (tertiary/aromatic N) is 3. The van der Waals surface area contributed by atoms with Gasteiger partial charge in [-0.25, -0.2) is 0 Å². The van der Waals surface area contributed by atoms with Crippen molar-refractivity contribution >= 4 is 23.4 Å². The van der Waals surface area contributed by atoms with Gasteiger partial charge in [-0.1, -0.05) is 67.2 Å². The van der Waals surface area contributed by atoms with Gasteiger partial charge in [-0.05, 0) is 25.0 Å². The Morgan fingerprint density at radius 2 is 1.81 bits per heavy atom. The van der Waals surface area contributed by atoms with Crippen molar-refractivity contribution in [2.75, 3.05) is 11.1 Å². The van der Waals surface area contributed by atoms with Gasteiger partial charge in [0.1, 0.15) is 0 Å². The van der Waals surface area contributed by atoms with Gasteiger partial charge in [0.15, 0.2) is 11.0 Å². The van der Waals surface area contributed by atoms with E-state index >= 15 is 0 Å². The predicted octanol–water partition coefficient (Wildman–Crippen LogP) is 4.39. The first-order valence-corrected chi connectivity index (χ1v) is 9.64. The smallest absolute Gasteiger partial charge is 0.234 e. The third-order valence-electron chi connectivity index (χ3n) is 3.95. The first kappa shape index (κ1) is 18.2. The van der Waals surface area contributed by atoms with E-state index in [9.17, 15) is 4.79 Å². The molecule has 1 aromatic heterocycles. The molecule has 26 heavy (non-hydrogen) atoms. The summed E-state index contributed by atoms with van der Waals surface area (Å²) in [5.41, 5.74) is 2.93. The number of aromatic nitrogens is 3. The third kappa shape index (κ3) is 4.32. The quantitative estimate of drug-likeness (QED) is 0.630. The summed E-state index contributed by atoms with van der Waals surface area (Å²) in [5.74, 6) is 1.09. The molecule has 0 aliphatic carbocycles. The highest BCUT2D eigenvalue weighted by molar-refractivity contribution is 7.99. The first-order valence-electron chi connectivity index (χ1n) is 8.66. The Hall–Kier alpha value is -2.60. The van der Waals surface area contributed by atoms with Crippen LogP contribution in [0.15, 0.2) is 59.8 Å². The minimum absolute atomic E-state index is 0.0448. The van der Waals surface area contributed by atoms with Crippen molar-refractivity contribution < 1.29 is 4.79 Å². The second kappa shape index (κ2) is 8.67. The van der Waals surface area contributed by atoms with E-state index in [1.807, 2.05) is 61.5 Å². The van der Waals surface area contributed by atoms with Crippen LogP contribution < -0.4 is 5.32 Å². The summed E-state index contributed by atoms with van der Waals surface area (Å²) in [6.07, 6.45) is 0.973. The van der Waals surface area contributed by atoms with Crippen LogP contribution in [0.1, 0.15) is 18.9 Å². The molecule has 0 spiro atoms. The van der Waals surface area contributed by atoms with E-state index in [1.165, 1.54) is 11.8 Å². The molecule has 0 radical (unpaired) electrons. The van der Waals surface area contributed by atoms with Crippen molar-refractivity contribution in [3.8, 4) is 11.4 Å². The molecular formula is C20H22N4OS. The molecule has 6 heteroatoms. The number of hydrogen-bond acceptors (Lipinski definition) is 4. The lowest BCUT2D eigenvalue weighted by atomic mass is 10.2. The monoisotopic (exact) mass is 366 g/mol. The maximum Gasteiger partial charge on any atom is 0.234 e. The molecule has 0 unspecified atom stereocenters. The number of aryl methyl sites for hydroxylation is 1. The van der Waals surface area contributed by atoms with Crippen molar-refractivity contribution in [1.29, 1.82) is 0 Å². The Morgan fingerprint density at radius 1 is 1.08 bits per heavy atom. The molecule has 0 aliphatic rings. The highest BCUT2D eigenvalue weighted by atomic mass is 32.2. The molecule has 1 N–H and O–H groups in total. The summed E-state index contributed by atoms with van der Waals surface area (Å²) in [6.45, 7) is 4.92. The van der Waals surface area contributed by atoms with Gasteiger partial charge in [0, 0.05) is 17.8 Å². The Balaban J connectivity index is 1.71. The molecule has 0 bridgehead atoms. The van der Waals surface area contributed by atoms with Gasteiger partial charge in [0.2, 0.25) is 5.91 Å². The molecule has 3 aromatic rings. The average Bonchev–Trinajstić information content (AvgIpc) is 3.06. The third-order valence-corrected chi connectivity index (χ3v) is 4.91. The minimum Gasteiger partial charge on any atom is -0.325 e. The van der Waals surface area contributed by atoms with Gasteiger partial charge in [-0.3, -0.25) is 4.79 Å². The average molecular weight is 366 g/mol. The molecule has 1 heterocycles. The minimum atomic E-state index is -0.0448. The highest BCUT2D eigenvalue weighted by Crippen LogP contribution is 2.24. The Bertz CT molecular complexity index is 877. The second-order valence-corrected chi connectivity index (χ2v) is 6.92. The van der Waals surface area contributed by atoms with Crippen LogP contribution in [-0.2, 0) is 11.3 Å². The van der Waals surface area contributed by atoms with Gasteiger partial charge >= 0.3 is 0 Å². The molecule has 0 atom stereocenters. The molecule has 2 aromatic carbocycles. The molecule has 0 saturated carbocycles. The molecular weight excluding hydrogens is 344 g/mol. The number of benzene rings is 2. The molecule has 5 nitrogen and oxygen atoms in total. The van der Waals surface area contributed by atoms with Gasteiger partial charge in [-0.15, -0.1) is 10.2 Å². The van der Waals surface area contributed by atoms with Crippen LogP contribution in [0.25, 0.3) is 11.4 Å². The number of carbonyl (C=O) groups excluding carboxylic acids is 1. The van der Waals surface area contributed by atoms with Crippen LogP contribution in [0.2, 0.25) is 0 Å². The number of para-hydroxylation sites is 1. The maximum atomic E-state index is 12.3. The van der Waals surface area contributed by atoms with Crippen LogP contribution >= 0.6 is 11.8 Å². The Labute approximate surface area is 157 Å². The largest absolute Gasteiger partial charge is 0.325 e. The number of rotatable bonds is 7. The highest BCUT2D eigenvalue weighted by Gasteiger charge is 2.15. The standard InChI is InChI=1S/C20H22N4OS/c1-3-13-24-19(16-10-5-4-6-11-16)22-23-20(24)26-14-18(25)21-17-12-8-7-9-15(17)2/h4-12H,3,13-14H2,1-2H3,(H,21,25). The molecule has 0 saturated heterocycles. The first-order chi connectivity index (χ1) is 12.7. The molecule has 134 valence electrons. The van der Waals surface area contributed by atoms with Crippen LogP contribution in [0.4, 0.5) is 5.69 Å². The molecule has 1 amide bonds. The summed E-state index contributed by atoms with van der Waals surface area (Å²) >= 11 is 1.41. The topological polar surface area (TPSA) is 59.8 Å².